The Morgan fingerprint density at radius 2 is 1.50 bits per heavy atom. The van der Waals surface area contributed by atoms with Crippen LogP contribution >= 0.6 is 0 Å². The van der Waals surface area contributed by atoms with Crippen molar-refractivity contribution in [3.63, 3.8) is 0 Å². The van der Waals surface area contributed by atoms with E-state index in [9.17, 15) is 23.5 Å². The lowest BCUT2D eigenvalue weighted by molar-refractivity contribution is -0.198. The zero-order valence-corrected chi connectivity index (χ0v) is 23.8. The first kappa shape index (κ1) is 27.5. The van der Waals surface area contributed by atoms with Crippen molar-refractivity contribution < 1.29 is 28.2 Å². The molecule has 5 aliphatic carbocycles. The number of nitrogens with one attached hydrogen (secondary N) is 1. The Labute approximate surface area is 235 Å². The number of fused-ring (bicyclic) bond motifs is 1. The number of carbonyl (C=O) groups excluding carboxylic acids is 1. The van der Waals surface area contributed by atoms with Gasteiger partial charge >= 0.3 is 5.97 Å². The average molecular weight is 554 g/mol. The molecule has 0 heterocycles. The number of hydrogen-bond donors (Lipinski definition) is 2. The molecule has 7 heteroatoms. The van der Waals surface area contributed by atoms with Crippen molar-refractivity contribution in [3.8, 4) is 5.75 Å². The maximum atomic E-state index is 13.9. The van der Waals surface area contributed by atoms with Crippen molar-refractivity contribution in [2.75, 3.05) is 6.61 Å². The van der Waals surface area contributed by atoms with Crippen LogP contribution in [0.3, 0.4) is 0 Å². The number of carboxylic acid groups (broad SMARTS) is 1. The molecule has 0 aliphatic heterocycles. The van der Waals surface area contributed by atoms with Crippen molar-refractivity contribution in [2.24, 2.45) is 27.6 Å². The molecule has 216 valence electrons. The van der Waals surface area contributed by atoms with Crippen molar-refractivity contribution in [3.05, 3.63) is 42.0 Å². The van der Waals surface area contributed by atoms with Gasteiger partial charge in [0.05, 0.1) is 12.2 Å². The number of carbonyl (C=O) groups is 2. The van der Waals surface area contributed by atoms with Gasteiger partial charge < -0.3 is 15.2 Å². The highest BCUT2D eigenvalue weighted by molar-refractivity contribution is 6.05. The summed E-state index contributed by atoms with van der Waals surface area (Å²) in [5.74, 6) is -3.68. The van der Waals surface area contributed by atoms with Crippen LogP contribution < -0.4 is 10.1 Å². The summed E-state index contributed by atoms with van der Waals surface area (Å²) in [6.45, 7) is 7.14. The lowest BCUT2D eigenvalue weighted by Gasteiger charge is -2.70. The minimum absolute atomic E-state index is 0.0180. The van der Waals surface area contributed by atoms with Gasteiger partial charge in [-0.2, -0.15) is 0 Å². The average Bonchev–Trinajstić information content (AvgIpc) is 2.83. The summed E-state index contributed by atoms with van der Waals surface area (Å²) in [5.41, 5.74) is 0.0132. The van der Waals surface area contributed by atoms with E-state index in [1.54, 1.807) is 6.07 Å². The fourth-order valence-corrected chi connectivity index (χ4v) is 10.4. The second-order valence-corrected chi connectivity index (χ2v) is 14.9. The molecule has 0 saturated heterocycles. The van der Waals surface area contributed by atoms with E-state index < -0.39 is 29.3 Å². The molecule has 2 aromatic rings. The van der Waals surface area contributed by atoms with Gasteiger partial charge in [-0.1, -0.05) is 51.1 Å². The van der Waals surface area contributed by atoms with Gasteiger partial charge in [0.15, 0.2) is 0 Å². The van der Waals surface area contributed by atoms with Gasteiger partial charge in [-0.25, -0.2) is 13.6 Å². The highest BCUT2D eigenvalue weighted by Crippen LogP contribution is 2.74. The molecule has 0 aromatic heterocycles. The molecule has 1 unspecified atom stereocenters. The Bertz CT molecular complexity index is 1290. The predicted octanol–water partition coefficient (Wildman–Crippen LogP) is 7.61. The van der Waals surface area contributed by atoms with Crippen LogP contribution in [0.25, 0.3) is 10.8 Å². The van der Waals surface area contributed by atoms with Gasteiger partial charge in [-0.15, -0.1) is 0 Å². The fraction of sp³-hybridized carbons (Fsp3) is 0.636. The molecule has 5 saturated carbocycles. The zero-order valence-electron chi connectivity index (χ0n) is 23.8. The number of hydrogen-bond acceptors (Lipinski definition) is 3. The van der Waals surface area contributed by atoms with E-state index in [0.717, 1.165) is 49.3 Å². The molecule has 1 atom stereocenters. The molecule has 1 amide bonds. The third kappa shape index (κ3) is 4.87. The molecule has 5 aliphatic rings. The molecule has 2 N–H and O–H groups in total. The van der Waals surface area contributed by atoms with E-state index in [1.165, 1.54) is 0 Å². The topological polar surface area (TPSA) is 75.6 Å². The second-order valence-electron chi connectivity index (χ2n) is 14.9. The molecule has 4 bridgehead atoms. The number of rotatable bonds is 7. The predicted molar refractivity (Wildman–Crippen MR) is 150 cm³/mol. The van der Waals surface area contributed by atoms with Crippen LogP contribution in [0.2, 0.25) is 0 Å². The van der Waals surface area contributed by atoms with Crippen molar-refractivity contribution in [1.29, 1.82) is 0 Å². The van der Waals surface area contributed by atoms with Crippen LogP contribution in [0.4, 0.5) is 8.78 Å². The molecule has 0 radical (unpaired) electrons. The van der Waals surface area contributed by atoms with Gasteiger partial charge in [0.25, 0.3) is 5.91 Å². The number of ether oxygens (including phenoxy) is 1. The number of amides is 1. The third-order valence-corrected chi connectivity index (χ3v) is 10.5. The van der Waals surface area contributed by atoms with Crippen LogP contribution in [0, 0.1) is 27.6 Å². The standard InChI is InChI=1S/C33H41F2NO4/c1-29-15-30(2)17-31(3,16-29)20-32(18-29,19-30)26(28(38)39)36-27(37)24-9-8-22-6-4-5-7-23(22)25(24)40-14-21-10-12-33(34,35)13-11-21/h4-9,21,26H,10-20H2,1-3H3,(H,36,37)(H,38,39). The van der Waals surface area contributed by atoms with Gasteiger partial charge in [0.1, 0.15) is 11.8 Å². The second kappa shape index (κ2) is 9.15. The first-order chi connectivity index (χ1) is 18.7. The van der Waals surface area contributed by atoms with E-state index in [4.69, 9.17) is 4.74 Å². The summed E-state index contributed by atoms with van der Waals surface area (Å²) < 4.78 is 33.7. The molecular weight excluding hydrogens is 512 g/mol. The maximum absolute atomic E-state index is 13.9. The quantitative estimate of drug-likeness (QED) is 0.370. The van der Waals surface area contributed by atoms with Gasteiger partial charge in [0.2, 0.25) is 5.92 Å². The molecular formula is C33H41F2NO4. The Morgan fingerprint density at radius 1 is 0.925 bits per heavy atom. The molecule has 40 heavy (non-hydrogen) atoms. The largest absolute Gasteiger partial charge is 0.492 e. The van der Waals surface area contributed by atoms with Gasteiger partial charge in [0, 0.05) is 23.6 Å². The van der Waals surface area contributed by atoms with E-state index >= 15 is 0 Å². The summed E-state index contributed by atoms with van der Waals surface area (Å²) >= 11 is 0. The minimum Gasteiger partial charge on any atom is -0.492 e. The summed E-state index contributed by atoms with van der Waals surface area (Å²) in [6, 6.07) is 10.1. The monoisotopic (exact) mass is 553 g/mol. The lowest BCUT2D eigenvalue weighted by Crippen LogP contribution is -2.66. The normalized spacial score (nSPS) is 35.4. The number of alkyl halides is 2. The Balaban J connectivity index is 1.30. The van der Waals surface area contributed by atoms with Crippen LogP contribution in [-0.2, 0) is 4.79 Å². The van der Waals surface area contributed by atoms with Crippen molar-refractivity contribution in [1.82, 2.24) is 5.32 Å². The smallest absolute Gasteiger partial charge is 0.326 e. The number of aliphatic carboxylic acids is 1. The highest BCUT2D eigenvalue weighted by Gasteiger charge is 2.67. The number of carboxylic acids is 1. The minimum atomic E-state index is -2.62. The SMILES string of the molecule is CC12CC3(C)CC(C)(C1)CC(C(NC(=O)c1ccc4ccccc4c1OCC1CCC(F)(F)CC1)C(=O)O)(C2)C3. The summed E-state index contributed by atoms with van der Waals surface area (Å²) in [4.78, 5) is 26.8. The molecule has 2 aromatic carbocycles. The fourth-order valence-electron chi connectivity index (χ4n) is 10.4. The van der Waals surface area contributed by atoms with E-state index in [2.05, 4.69) is 26.1 Å². The van der Waals surface area contributed by atoms with E-state index in [-0.39, 0.29) is 41.6 Å². The highest BCUT2D eigenvalue weighted by atomic mass is 19.3. The maximum Gasteiger partial charge on any atom is 0.326 e. The third-order valence-electron chi connectivity index (χ3n) is 10.5. The molecule has 0 spiro atoms. The van der Waals surface area contributed by atoms with Crippen molar-refractivity contribution in [2.45, 2.75) is 96.9 Å². The molecule has 5 nitrogen and oxygen atoms in total. The van der Waals surface area contributed by atoms with Crippen LogP contribution in [0.15, 0.2) is 36.4 Å². The Hall–Kier alpha value is -2.70. The summed E-state index contributed by atoms with van der Waals surface area (Å²) in [5, 5.41) is 15.2. The number of benzene rings is 2. The lowest BCUT2D eigenvalue weighted by atomic mass is 9.35. The Morgan fingerprint density at radius 3 is 2.08 bits per heavy atom. The number of halogens is 2. The van der Waals surface area contributed by atoms with Crippen LogP contribution in [0.1, 0.15) is 95.3 Å². The van der Waals surface area contributed by atoms with Crippen LogP contribution in [0.5, 0.6) is 5.75 Å². The molecule has 5 fully saturated rings. The summed E-state index contributed by atoms with van der Waals surface area (Å²) in [7, 11) is 0. The van der Waals surface area contributed by atoms with Gasteiger partial charge in [-0.3, -0.25) is 4.79 Å². The van der Waals surface area contributed by atoms with E-state index in [1.807, 2.05) is 30.3 Å². The van der Waals surface area contributed by atoms with Crippen LogP contribution in [-0.4, -0.2) is 35.6 Å². The van der Waals surface area contributed by atoms with Crippen molar-refractivity contribution >= 4 is 22.6 Å². The summed E-state index contributed by atoms with van der Waals surface area (Å²) in [6.07, 6.45) is 6.17. The van der Waals surface area contributed by atoms with Gasteiger partial charge in [-0.05, 0) is 85.0 Å². The first-order valence-electron chi connectivity index (χ1n) is 14.8. The Kier molecular flexibility index (Phi) is 6.29. The zero-order chi connectivity index (χ0) is 28.6. The van der Waals surface area contributed by atoms with E-state index in [0.29, 0.717) is 24.2 Å². The molecule has 7 rings (SSSR count). The first-order valence-corrected chi connectivity index (χ1v) is 14.8.